The molecule has 1 saturated carbocycles. The number of hydrogen-bond donors (Lipinski definition) is 4. The van der Waals surface area contributed by atoms with Gasteiger partial charge in [-0.1, -0.05) is 37.1 Å². The molecule has 0 spiro atoms. The number of carbonyl (C=O) groups is 3. The van der Waals surface area contributed by atoms with Crippen LogP contribution in [0.25, 0.3) is 11.3 Å². The van der Waals surface area contributed by atoms with Gasteiger partial charge in [-0.2, -0.15) is 0 Å². The molecule has 10 nitrogen and oxygen atoms in total. The molecule has 2 aliphatic rings. The van der Waals surface area contributed by atoms with Crippen LogP contribution in [0.4, 0.5) is 19.4 Å². The normalized spacial score (nSPS) is 15.4. The van der Waals surface area contributed by atoms with Crippen LogP contribution in [0.3, 0.4) is 0 Å². The number of rotatable bonds is 12. The van der Waals surface area contributed by atoms with Crippen LogP contribution in [-0.4, -0.2) is 47.4 Å². The third-order valence-corrected chi connectivity index (χ3v) is 7.54. The smallest absolute Gasteiger partial charge is 0.465 e. The molecule has 0 radical (unpaired) electrons. The Balaban J connectivity index is 1.20. The molecule has 2 aromatic carbocycles. The molecule has 1 fully saturated rings. The molecule has 1 aliphatic carbocycles. The Kier molecular flexibility index (Phi) is 8.47. The molecule has 4 N–H and O–H groups in total. The first-order valence-corrected chi connectivity index (χ1v) is 14.1. The fraction of sp³-hybridized carbons (Fsp3) is 0.355. The molecule has 1 aliphatic heterocycles. The van der Waals surface area contributed by atoms with Crippen LogP contribution >= 0.6 is 0 Å². The number of nitrogens with zero attached hydrogens (tertiary/aromatic N) is 1. The van der Waals surface area contributed by atoms with E-state index in [-0.39, 0.29) is 23.3 Å². The molecule has 0 atom stereocenters. The van der Waals surface area contributed by atoms with E-state index in [1.54, 1.807) is 30.3 Å². The maximum absolute atomic E-state index is 13.5. The Bertz CT molecular complexity index is 1540. The number of carbonyl (C=O) groups excluding carboxylic acids is 2. The summed E-state index contributed by atoms with van der Waals surface area (Å²) in [6, 6.07) is 15.0. The van der Waals surface area contributed by atoms with Gasteiger partial charge in [-0.25, -0.2) is 9.78 Å². The minimum Gasteiger partial charge on any atom is -0.465 e. The first kappa shape index (κ1) is 29.7. The zero-order valence-corrected chi connectivity index (χ0v) is 23.5. The monoisotopic (exact) mass is 594 g/mol. The number of pyridine rings is 1. The number of aromatic nitrogens is 1. The van der Waals surface area contributed by atoms with E-state index in [1.807, 2.05) is 19.1 Å². The average molecular weight is 595 g/mol. The topological polar surface area (TPSA) is 139 Å². The van der Waals surface area contributed by atoms with E-state index < -0.39 is 17.8 Å². The average Bonchev–Trinajstić information content (AvgIpc) is 3.72. The number of benzene rings is 2. The van der Waals surface area contributed by atoms with Crippen molar-refractivity contribution in [1.29, 1.82) is 0 Å². The van der Waals surface area contributed by atoms with Gasteiger partial charge in [-0.15, -0.1) is 8.78 Å². The number of unbranched alkanes of at least 4 members (excludes halogenated alkanes) is 3. The van der Waals surface area contributed by atoms with Crippen molar-refractivity contribution < 1.29 is 37.7 Å². The molecule has 0 unspecified atom stereocenters. The zero-order chi connectivity index (χ0) is 30.6. The first-order valence-electron chi connectivity index (χ1n) is 14.1. The predicted octanol–water partition coefficient (Wildman–Crippen LogP) is 5.61. The van der Waals surface area contributed by atoms with Crippen LogP contribution in [0.2, 0.25) is 0 Å². The quantitative estimate of drug-likeness (QED) is 0.200. The molecular weight excluding hydrogens is 562 g/mol. The number of amides is 3. The van der Waals surface area contributed by atoms with Crippen molar-refractivity contribution in [2.45, 2.75) is 57.2 Å². The number of hydrogen-bond acceptors (Lipinski definition) is 6. The second-order valence-electron chi connectivity index (χ2n) is 10.7. The fourth-order valence-electron chi connectivity index (χ4n) is 5.06. The molecule has 0 saturated heterocycles. The van der Waals surface area contributed by atoms with Gasteiger partial charge < -0.3 is 30.5 Å². The van der Waals surface area contributed by atoms with Crippen molar-refractivity contribution in [3.63, 3.8) is 0 Å². The van der Waals surface area contributed by atoms with Crippen LogP contribution in [-0.2, 0) is 10.2 Å². The lowest BCUT2D eigenvalue weighted by atomic mass is 9.94. The highest BCUT2D eigenvalue weighted by Crippen LogP contribution is 2.52. The van der Waals surface area contributed by atoms with Gasteiger partial charge in [-0.3, -0.25) is 9.59 Å². The third-order valence-electron chi connectivity index (χ3n) is 7.54. The summed E-state index contributed by atoms with van der Waals surface area (Å²) in [6.07, 6.45) is -0.409. The van der Waals surface area contributed by atoms with E-state index in [1.165, 1.54) is 12.1 Å². The molecule has 226 valence electrons. The minimum atomic E-state index is -3.73. The van der Waals surface area contributed by atoms with Crippen LogP contribution in [0.1, 0.15) is 60.0 Å². The number of alkyl halides is 2. The summed E-state index contributed by atoms with van der Waals surface area (Å²) in [4.78, 5) is 41.3. The summed E-state index contributed by atoms with van der Waals surface area (Å²) >= 11 is 0. The molecule has 1 aromatic heterocycles. The van der Waals surface area contributed by atoms with Gasteiger partial charge in [0, 0.05) is 24.2 Å². The highest BCUT2D eigenvalue weighted by atomic mass is 19.3. The highest BCUT2D eigenvalue weighted by Gasteiger charge is 2.53. The second-order valence-corrected chi connectivity index (χ2v) is 10.7. The third kappa shape index (κ3) is 7.02. The van der Waals surface area contributed by atoms with E-state index in [0.717, 1.165) is 31.2 Å². The number of aryl methyl sites for hydroxylation is 1. The van der Waals surface area contributed by atoms with E-state index in [9.17, 15) is 23.2 Å². The Labute approximate surface area is 246 Å². The van der Waals surface area contributed by atoms with Crippen molar-refractivity contribution >= 4 is 23.7 Å². The Hall–Kier alpha value is -4.74. The summed E-state index contributed by atoms with van der Waals surface area (Å²) in [5.74, 6) is -0.363. The van der Waals surface area contributed by atoms with E-state index in [4.69, 9.17) is 5.11 Å². The van der Waals surface area contributed by atoms with Gasteiger partial charge in [-0.05, 0) is 74.1 Å². The second kappa shape index (κ2) is 12.2. The SMILES string of the molecule is Cc1ccc(NC(=O)C2(c3ccc4c(c3)OC(F)(F)O4)CC2)nc1-c1cccc(C(=O)NCCCCCCNC(=O)O)c1. The van der Waals surface area contributed by atoms with Gasteiger partial charge in [0.25, 0.3) is 5.91 Å². The number of carboxylic acid groups (broad SMARTS) is 1. The van der Waals surface area contributed by atoms with Crippen LogP contribution in [0.15, 0.2) is 54.6 Å². The molecule has 0 bridgehead atoms. The summed E-state index contributed by atoms with van der Waals surface area (Å²) in [5, 5.41) is 16.7. The number of halogens is 2. The van der Waals surface area contributed by atoms with E-state index in [0.29, 0.717) is 54.1 Å². The van der Waals surface area contributed by atoms with Gasteiger partial charge in [0.15, 0.2) is 11.5 Å². The summed E-state index contributed by atoms with van der Waals surface area (Å²) in [5.41, 5.74) is 2.33. The lowest BCUT2D eigenvalue weighted by molar-refractivity contribution is -0.286. The summed E-state index contributed by atoms with van der Waals surface area (Å²) < 4.78 is 36.0. The van der Waals surface area contributed by atoms with Gasteiger partial charge >= 0.3 is 12.4 Å². The fourth-order valence-corrected chi connectivity index (χ4v) is 5.06. The van der Waals surface area contributed by atoms with Crippen molar-refractivity contribution in [3.05, 3.63) is 71.3 Å². The first-order chi connectivity index (χ1) is 20.6. The lowest BCUT2D eigenvalue weighted by Gasteiger charge is -2.17. The highest BCUT2D eigenvalue weighted by molar-refractivity contribution is 6.01. The number of fused-ring (bicyclic) bond motifs is 1. The Morgan fingerprint density at radius 1 is 0.907 bits per heavy atom. The Morgan fingerprint density at radius 2 is 1.63 bits per heavy atom. The summed E-state index contributed by atoms with van der Waals surface area (Å²) in [7, 11) is 0. The van der Waals surface area contributed by atoms with Crippen LogP contribution in [0, 0.1) is 6.92 Å². The van der Waals surface area contributed by atoms with Gasteiger partial charge in [0.2, 0.25) is 5.91 Å². The van der Waals surface area contributed by atoms with Crippen molar-refractivity contribution in [2.24, 2.45) is 0 Å². The molecule has 3 amide bonds. The van der Waals surface area contributed by atoms with Gasteiger partial charge in [0.05, 0.1) is 11.1 Å². The van der Waals surface area contributed by atoms with Crippen LogP contribution in [0.5, 0.6) is 11.5 Å². The summed E-state index contributed by atoms with van der Waals surface area (Å²) in [6.45, 7) is 2.80. The van der Waals surface area contributed by atoms with Gasteiger partial charge in [0.1, 0.15) is 5.82 Å². The standard InChI is InChI=1S/C31H32F2N4O6/c1-19-9-12-25(37-28(39)30(13-14-30)22-10-11-23-24(18-22)43-31(32,33)42-23)36-26(19)20-7-6-8-21(17-20)27(38)34-15-4-2-3-5-16-35-29(40)41/h6-12,17-18,35H,2-5,13-16H2,1H3,(H,34,38)(H,40,41)(H,36,37,39). The maximum Gasteiger partial charge on any atom is 0.586 e. The molecule has 3 aromatic rings. The number of nitrogens with one attached hydrogen (secondary N) is 3. The molecular formula is C31H32F2N4O6. The molecule has 12 heteroatoms. The molecule has 5 rings (SSSR count). The molecule has 43 heavy (non-hydrogen) atoms. The van der Waals surface area contributed by atoms with Crippen molar-refractivity contribution in [1.82, 2.24) is 15.6 Å². The van der Waals surface area contributed by atoms with Crippen molar-refractivity contribution in [2.75, 3.05) is 18.4 Å². The maximum atomic E-state index is 13.5. The van der Waals surface area contributed by atoms with Crippen molar-refractivity contribution in [3.8, 4) is 22.8 Å². The largest absolute Gasteiger partial charge is 0.586 e. The molecule has 2 heterocycles. The number of anilines is 1. The lowest BCUT2D eigenvalue weighted by Crippen LogP contribution is -2.28. The minimum absolute atomic E-state index is 0.0755. The Morgan fingerprint density at radius 3 is 2.35 bits per heavy atom. The van der Waals surface area contributed by atoms with E-state index in [2.05, 4.69) is 30.4 Å². The van der Waals surface area contributed by atoms with E-state index >= 15 is 0 Å². The predicted molar refractivity (Wildman–Crippen MR) is 153 cm³/mol. The van der Waals surface area contributed by atoms with Crippen LogP contribution < -0.4 is 25.4 Å². The number of ether oxygens (including phenoxy) is 2. The zero-order valence-electron chi connectivity index (χ0n) is 23.5.